The molecule has 2 rings (SSSR count). The van der Waals surface area contributed by atoms with Gasteiger partial charge in [-0.05, 0) is 49.6 Å². The number of ether oxygens (including phenoxy) is 2. The lowest BCUT2D eigenvalue weighted by Crippen LogP contribution is -2.01. The van der Waals surface area contributed by atoms with Crippen LogP contribution in [-0.4, -0.2) is 35.6 Å². The van der Waals surface area contributed by atoms with Gasteiger partial charge in [-0.3, -0.25) is 4.79 Å². The molecule has 6 nitrogen and oxygen atoms in total. The second kappa shape index (κ2) is 9.07. The first kappa shape index (κ1) is 20.3. The summed E-state index contributed by atoms with van der Waals surface area (Å²) < 4.78 is 11.1. The summed E-state index contributed by atoms with van der Waals surface area (Å²) in [4.78, 5) is 26.5. The maximum atomic E-state index is 12.6. The minimum absolute atomic E-state index is 0.0420. The van der Waals surface area contributed by atoms with Gasteiger partial charge >= 0.3 is 5.97 Å². The van der Waals surface area contributed by atoms with Crippen molar-refractivity contribution in [2.24, 2.45) is 0 Å². The smallest absolute Gasteiger partial charge is 0.352 e. The number of carbonyl (C=O) groups excluding carboxylic acids is 1. The average molecular weight is 371 g/mol. The number of unbranched alkanes of at least 4 members (excludes halogenated alkanes) is 1. The molecule has 0 amide bonds. The fourth-order valence-corrected chi connectivity index (χ4v) is 2.82. The third kappa shape index (κ3) is 4.78. The number of H-pyrrole nitrogens is 1. The molecule has 144 valence electrons. The highest BCUT2D eigenvalue weighted by Gasteiger charge is 2.20. The number of hydrogen-bond acceptors (Lipinski definition) is 4. The number of carboxylic acids is 1. The Labute approximate surface area is 158 Å². The average Bonchev–Trinajstić information content (AvgIpc) is 2.94. The number of aryl methyl sites for hydroxylation is 1. The zero-order chi connectivity index (χ0) is 20.0. The molecule has 0 unspecified atom stereocenters. The van der Waals surface area contributed by atoms with Gasteiger partial charge in [-0.1, -0.05) is 25.5 Å². The summed E-state index contributed by atoms with van der Waals surface area (Å²) in [6, 6.07) is 5.44. The second-order valence-electron chi connectivity index (χ2n) is 6.24. The van der Waals surface area contributed by atoms with Gasteiger partial charge in [0.15, 0.2) is 17.3 Å². The molecular formula is C21H25NO5. The first-order chi connectivity index (χ1) is 12.9. The highest BCUT2D eigenvalue weighted by molar-refractivity contribution is 6.10. The summed E-state index contributed by atoms with van der Waals surface area (Å²) in [6.07, 6.45) is 5.09. The predicted octanol–water partition coefficient (Wildman–Crippen LogP) is 4.41. The number of carbonyl (C=O) groups is 2. The minimum atomic E-state index is -1.08. The van der Waals surface area contributed by atoms with Crippen LogP contribution >= 0.6 is 0 Å². The normalized spacial score (nSPS) is 11.0. The Hall–Kier alpha value is -3.02. The van der Waals surface area contributed by atoms with Crippen LogP contribution in [0, 0.1) is 13.8 Å². The van der Waals surface area contributed by atoms with Crippen molar-refractivity contribution in [3.05, 3.63) is 52.4 Å². The van der Waals surface area contributed by atoms with Gasteiger partial charge in [0.1, 0.15) is 5.69 Å². The molecule has 1 aromatic heterocycles. The number of allylic oxidation sites excluding steroid dienone is 1. The summed E-state index contributed by atoms with van der Waals surface area (Å²) in [6.45, 7) is 6.00. The van der Waals surface area contributed by atoms with Crippen LogP contribution in [0.25, 0.3) is 6.08 Å². The van der Waals surface area contributed by atoms with E-state index >= 15 is 0 Å². The standard InChI is InChI=1S/C21H25NO5/c1-5-6-11-27-18-12-15(8-10-17(18)26-4)7-9-16(23)19-13(2)20(21(24)25)22-14(19)3/h7-10,12,22H,5-6,11H2,1-4H3,(H,24,25)/b9-7+. The number of hydrogen-bond donors (Lipinski definition) is 2. The lowest BCUT2D eigenvalue weighted by Gasteiger charge is -2.11. The molecule has 0 spiro atoms. The van der Waals surface area contributed by atoms with Crippen molar-refractivity contribution in [1.82, 2.24) is 4.98 Å². The highest BCUT2D eigenvalue weighted by Crippen LogP contribution is 2.29. The van der Waals surface area contributed by atoms with Gasteiger partial charge in [-0.15, -0.1) is 0 Å². The second-order valence-corrected chi connectivity index (χ2v) is 6.24. The number of ketones is 1. The van der Waals surface area contributed by atoms with E-state index in [-0.39, 0.29) is 11.5 Å². The molecule has 0 saturated heterocycles. The molecule has 0 aliphatic heterocycles. The summed E-state index contributed by atoms with van der Waals surface area (Å²) >= 11 is 0. The number of carboxylic acid groups (broad SMARTS) is 1. The van der Waals surface area contributed by atoms with Crippen molar-refractivity contribution >= 4 is 17.8 Å². The summed E-state index contributed by atoms with van der Waals surface area (Å²) in [5.41, 5.74) is 2.20. The fraction of sp³-hybridized carbons (Fsp3) is 0.333. The van der Waals surface area contributed by atoms with E-state index in [4.69, 9.17) is 9.47 Å². The van der Waals surface area contributed by atoms with E-state index in [0.29, 0.717) is 34.9 Å². The lowest BCUT2D eigenvalue weighted by atomic mass is 10.0. The van der Waals surface area contributed by atoms with Crippen molar-refractivity contribution in [3.63, 3.8) is 0 Å². The Morgan fingerprint density at radius 1 is 1.22 bits per heavy atom. The number of aromatic carboxylic acids is 1. The van der Waals surface area contributed by atoms with E-state index in [1.165, 1.54) is 6.08 Å². The molecule has 6 heteroatoms. The molecule has 2 aromatic rings. The van der Waals surface area contributed by atoms with Gasteiger partial charge in [-0.25, -0.2) is 4.79 Å². The quantitative estimate of drug-likeness (QED) is 0.387. The molecule has 0 saturated carbocycles. The number of nitrogens with one attached hydrogen (secondary N) is 1. The topological polar surface area (TPSA) is 88.6 Å². The van der Waals surface area contributed by atoms with Crippen molar-refractivity contribution in [3.8, 4) is 11.5 Å². The third-order valence-corrected chi connectivity index (χ3v) is 4.27. The highest BCUT2D eigenvalue weighted by atomic mass is 16.5. The predicted molar refractivity (Wildman–Crippen MR) is 104 cm³/mol. The molecule has 2 N–H and O–H groups in total. The molecule has 0 aliphatic rings. The van der Waals surface area contributed by atoms with Crippen molar-refractivity contribution < 1.29 is 24.2 Å². The monoisotopic (exact) mass is 371 g/mol. The first-order valence-corrected chi connectivity index (χ1v) is 8.84. The molecule has 0 aliphatic carbocycles. The van der Waals surface area contributed by atoms with Crippen molar-refractivity contribution in [2.45, 2.75) is 33.6 Å². The molecule has 1 heterocycles. The Morgan fingerprint density at radius 3 is 2.56 bits per heavy atom. The van der Waals surface area contributed by atoms with E-state index in [0.717, 1.165) is 18.4 Å². The molecule has 27 heavy (non-hydrogen) atoms. The van der Waals surface area contributed by atoms with Crippen LogP contribution in [0.2, 0.25) is 0 Å². The minimum Gasteiger partial charge on any atom is -0.493 e. The van der Waals surface area contributed by atoms with Crippen LogP contribution in [0.3, 0.4) is 0 Å². The maximum Gasteiger partial charge on any atom is 0.352 e. The summed E-state index contributed by atoms with van der Waals surface area (Å²) in [7, 11) is 1.58. The molecular weight excluding hydrogens is 346 g/mol. The van der Waals surface area contributed by atoms with Gasteiger partial charge in [0.2, 0.25) is 0 Å². The summed E-state index contributed by atoms with van der Waals surface area (Å²) in [5.74, 6) is -0.0682. The van der Waals surface area contributed by atoms with Gasteiger partial charge in [-0.2, -0.15) is 0 Å². The van der Waals surface area contributed by atoms with Gasteiger partial charge in [0, 0.05) is 11.3 Å². The van der Waals surface area contributed by atoms with Crippen molar-refractivity contribution in [1.29, 1.82) is 0 Å². The van der Waals surface area contributed by atoms with Crippen LogP contribution in [0.1, 0.15) is 57.4 Å². The molecule has 0 atom stereocenters. The Kier molecular flexibility index (Phi) is 6.82. The Morgan fingerprint density at radius 2 is 1.96 bits per heavy atom. The number of aromatic nitrogens is 1. The van der Waals surface area contributed by atoms with Crippen LogP contribution in [0.4, 0.5) is 0 Å². The fourth-order valence-electron chi connectivity index (χ4n) is 2.82. The van der Waals surface area contributed by atoms with E-state index in [1.54, 1.807) is 33.1 Å². The van der Waals surface area contributed by atoms with Crippen molar-refractivity contribution in [2.75, 3.05) is 13.7 Å². The van der Waals surface area contributed by atoms with Crippen LogP contribution < -0.4 is 9.47 Å². The zero-order valence-corrected chi connectivity index (χ0v) is 16.1. The van der Waals surface area contributed by atoms with Gasteiger partial charge < -0.3 is 19.6 Å². The van der Waals surface area contributed by atoms with E-state index in [1.807, 2.05) is 12.1 Å². The molecule has 1 aromatic carbocycles. The number of aromatic amines is 1. The van der Waals surface area contributed by atoms with Crippen LogP contribution in [0.15, 0.2) is 24.3 Å². The maximum absolute atomic E-state index is 12.6. The van der Waals surface area contributed by atoms with E-state index in [9.17, 15) is 14.7 Å². The summed E-state index contributed by atoms with van der Waals surface area (Å²) in [5, 5.41) is 9.18. The lowest BCUT2D eigenvalue weighted by molar-refractivity contribution is 0.0690. The van der Waals surface area contributed by atoms with Gasteiger partial charge in [0.25, 0.3) is 0 Å². The number of methoxy groups -OCH3 is 1. The van der Waals surface area contributed by atoms with Crippen LogP contribution in [-0.2, 0) is 0 Å². The van der Waals surface area contributed by atoms with Crippen LogP contribution in [0.5, 0.6) is 11.5 Å². The molecule has 0 fully saturated rings. The number of benzene rings is 1. The van der Waals surface area contributed by atoms with E-state index < -0.39 is 5.97 Å². The SMILES string of the molecule is CCCCOc1cc(/C=C/C(=O)c2c(C)[nH]c(C(=O)O)c2C)ccc1OC. The third-order valence-electron chi connectivity index (χ3n) is 4.27. The van der Waals surface area contributed by atoms with E-state index in [2.05, 4.69) is 11.9 Å². The number of rotatable bonds is 9. The van der Waals surface area contributed by atoms with Gasteiger partial charge in [0.05, 0.1) is 13.7 Å². The Balaban J connectivity index is 2.23. The Bertz CT molecular complexity index is 864. The largest absolute Gasteiger partial charge is 0.493 e. The molecule has 0 radical (unpaired) electrons. The zero-order valence-electron chi connectivity index (χ0n) is 16.1. The first-order valence-electron chi connectivity index (χ1n) is 8.84. The molecule has 0 bridgehead atoms.